The lowest BCUT2D eigenvalue weighted by Crippen LogP contribution is -2.34. The molecule has 1 aromatic heterocycles. The van der Waals surface area contributed by atoms with Crippen LogP contribution in [0.25, 0.3) is 0 Å². The fraction of sp³-hybridized carbons (Fsp3) is 0.0526. The third-order valence-corrected chi connectivity index (χ3v) is 5.53. The molecule has 0 fully saturated rings. The number of anilines is 2. The summed E-state index contributed by atoms with van der Waals surface area (Å²) in [6, 6.07) is 12.7. The molecule has 0 unspecified atom stereocenters. The van der Waals surface area contributed by atoms with Crippen molar-refractivity contribution in [2.45, 2.75) is 11.4 Å². The Morgan fingerprint density at radius 1 is 1.07 bits per heavy atom. The Morgan fingerprint density at radius 2 is 1.86 bits per heavy atom. The number of hydrogen-bond donors (Lipinski definition) is 3. The zero-order chi connectivity index (χ0) is 20.4. The summed E-state index contributed by atoms with van der Waals surface area (Å²) in [4.78, 5) is 15.5. The molecule has 148 valence electrons. The highest BCUT2D eigenvalue weighted by atomic mass is 32.2. The lowest BCUT2D eigenvalue weighted by molar-refractivity contribution is 0.250. The highest BCUT2D eigenvalue weighted by Gasteiger charge is 2.20. The molecule has 0 saturated heterocycles. The number of ether oxygens (including phenoxy) is 1. The second-order valence-corrected chi connectivity index (χ2v) is 7.79. The van der Waals surface area contributed by atoms with E-state index < -0.39 is 15.8 Å². The minimum atomic E-state index is -3.83. The number of fused-ring (bicyclic) bond motifs is 1. The van der Waals surface area contributed by atoms with Crippen molar-refractivity contribution >= 4 is 27.6 Å². The van der Waals surface area contributed by atoms with Crippen LogP contribution >= 0.6 is 0 Å². The van der Waals surface area contributed by atoms with Crippen molar-refractivity contribution in [3.63, 3.8) is 0 Å². The molecular formula is C19H15FN4O4S. The maximum absolute atomic E-state index is 14.5. The van der Waals surface area contributed by atoms with E-state index in [-0.39, 0.29) is 28.9 Å². The van der Waals surface area contributed by atoms with E-state index in [1.54, 1.807) is 24.3 Å². The number of carbonyl (C=O) groups is 1. The topological polar surface area (TPSA) is 109 Å². The van der Waals surface area contributed by atoms with Crippen LogP contribution in [-0.2, 0) is 16.6 Å². The fourth-order valence-electron chi connectivity index (χ4n) is 2.75. The Kier molecular flexibility index (Phi) is 4.77. The van der Waals surface area contributed by atoms with E-state index in [9.17, 15) is 17.6 Å². The van der Waals surface area contributed by atoms with Crippen LogP contribution < -0.4 is 20.1 Å². The van der Waals surface area contributed by atoms with Gasteiger partial charge in [-0.1, -0.05) is 18.2 Å². The van der Waals surface area contributed by atoms with Crippen molar-refractivity contribution in [3.8, 4) is 11.5 Å². The first-order chi connectivity index (χ1) is 13.9. The number of carbonyl (C=O) groups excluding carboxylic acids is 1. The van der Waals surface area contributed by atoms with Gasteiger partial charge in [-0.3, -0.25) is 10.0 Å². The predicted octanol–water partition coefficient (Wildman–Crippen LogP) is 3.45. The van der Waals surface area contributed by atoms with Crippen molar-refractivity contribution in [2.24, 2.45) is 0 Å². The number of benzene rings is 2. The maximum atomic E-state index is 14.5. The lowest BCUT2D eigenvalue weighted by atomic mass is 10.2. The van der Waals surface area contributed by atoms with E-state index in [2.05, 4.69) is 20.3 Å². The van der Waals surface area contributed by atoms with Gasteiger partial charge in [0.2, 0.25) is 0 Å². The third kappa shape index (κ3) is 3.97. The van der Waals surface area contributed by atoms with Gasteiger partial charge in [-0.2, -0.15) is 0 Å². The van der Waals surface area contributed by atoms with E-state index in [1.807, 2.05) is 0 Å². The molecule has 0 radical (unpaired) electrons. The van der Waals surface area contributed by atoms with Gasteiger partial charge in [0.05, 0.1) is 22.7 Å². The number of rotatable bonds is 5. The molecule has 2 aromatic carbocycles. The highest BCUT2D eigenvalue weighted by Crippen LogP contribution is 2.33. The summed E-state index contributed by atoms with van der Waals surface area (Å²) >= 11 is 0. The smallest absolute Gasteiger partial charge is 0.320 e. The third-order valence-electron chi connectivity index (χ3n) is 4.13. The van der Waals surface area contributed by atoms with E-state index in [1.165, 1.54) is 30.5 Å². The number of urea groups is 1. The van der Waals surface area contributed by atoms with Gasteiger partial charge in [-0.05, 0) is 30.3 Å². The summed E-state index contributed by atoms with van der Waals surface area (Å²) in [6.45, 7) is 0.181. The molecule has 2 heterocycles. The van der Waals surface area contributed by atoms with Gasteiger partial charge in [-0.15, -0.1) is 0 Å². The number of halogens is 1. The molecule has 8 nitrogen and oxygen atoms in total. The number of amides is 2. The molecule has 0 spiro atoms. The standard InChI is InChI=1S/C19H15FN4O4S/c20-15-10-12(24-29(26,27)13-4-2-1-3-5-13)6-7-17(15)28-16-8-9-21-18-14(16)11-22-19(25)23-18/h1-10,24H,11H2,(H2,21,22,23,25). The molecule has 2 amide bonds. The van der Waals surface area contributed by atoms with Crippen LogP contribution in [0.15, 0.2) is 65.7 Å². The van der Waals surface area contributed by atoms with Crippen LogP contribution in [0.3, 0.4) is 0 Å². The number of nitrogens with one attached hydrogen (secondary N) is 3. The Morgan fingerprint density at radius 3 is 2.62 bits per heavy atom. The highest BCUT2D eigenvalue weighted by molar-refractivity contribution is 7.92. The van der Waals surface area contributed by atoms with E-state index in [0.29, 0.717) is 17.1 Å². The summed E-state index contributed by atoms with van der Waals surface area (Å²) in [6.07, 6.45) is 1.43. The van der Waals surface area contributed by atoms with Crippen LogP contribution in [0.1, 0.15) is 5.56 Å². The quantitative estimate of drug-likeness (QED) is 0.592. The minimum absolute atomic E-state index is 0.0596. The summed E-state index contributed by atoms with van der Waals surface area (Å²) < 4.78 is 47.2. The first-order valence-electron chi connectivity index (χ1n) is 8.50. The normalized spacial score (nSPS) is 13.1. The molecule has 3 aromatic rings. The number of nitrogens with zero attached hydrogens (tertiary/aromatic N) is 1. The van der Waals surface area contributed by atoms with Crippen molar-refractivity contribution in [1.29, 1.82) is 0 Å². The van der Waals surface area contributed by atoms with Crippen molar-refractivity contribution in [1.82, 2.24) is 10.3 Å². The molecule has 4 rings (SSSR count). The molecule has 10 heteroatoms. The van der Waals surface area contributed by atoms with Crippen LogP contribution in [0.5, 0.6) is 11.5 Å². The SMILES string of the molecule is O=C1NCc2c(Oc3ccc(NS(=O)(=O)c4ccccc4)cc3F)ccnc2N1. The molecule has 1 aliphatic heterocycles. The van der Waals surface area contributed by atoms with Crippen molar-refractivity contribution in [2.75, 3.05) is 10.0 Å². The number of hydrogen-bond acceptors (Lipinski definition) is 5. The van der Waals surface area contributed by atoms with E-state index in [0.717, 1.165) is 6.07 Å². The minimum Gasteiger partial charge on any atom is -0.454 e. The average Bonchev–Trinajstić information content (AvgIpc) is 2.70. The summed E-state index contributed by atoms with van der Waals surface area (Å²) in [5.74, 6) is -0.201. The zero-order valence-corrected chi connectivity index (χ0v) is 15.7. The van der Waals surface area contributed by atoms with Crippen LogP contribution in [0, 0.1) is 5.82 Å². The molecule has 0 saturated carbocycles. The number of sulfonamides is 1. The second-order valence-electron chi connectivity index (χ2n) is 6.11. The van der Waals surface area contributed by atoms with E-state index >= 15 is 0 Å². The average molecular weight is 414 g/mol. The predicted molar refractivity (Wildman–Crippen MR) is 104 cm³/mol. The summed E-state index contributed by atoms with van der Waals surface area (Å²) in [5, 5.41) is 5.13. The first-order valence-corrected chi connectivity index (χ1v) is 9.99. The monoisotopic (exact) mass is 414 g/mol. The van der Waals surface area contributed by atoms with Gasteiger partial charge in [0.25, 0.3) is 10.0 Å². The maximum Gasteiger partial charge on any atom is 0.320 e. The van der Waals surface area contributed by atoms with Gasteiger partial charge in [0.1, 0.15) is 11.6 Å². The number of aromatic nitrogens is 1. The fourth-order valence-corrected chi connectivity index (χ4v) is 3.82. The van der Waals surface area contributed by atoms with Gasteiger partial charge in [0.15, 0.2) is 11.6 Å². The van der Waals surface area contributed by atoms with Gasteiger partial charge < -0.3 is 10.1 Å². The van der Waals surface area contributed by atoms with Crippen LogP contribution in [0.4, 0.5) is 20.7 Å². The Labute approximate surface area is 165 Å². The molecule has 1 aliphatic rings. The second kappa shape index (κ2) is 7.40. The Hall–Kier alpha value is -3.66. The van der Waals surface area contributed by atoms with Crippen LogP contribution in [0.2, 0.25) is 0 Å². The largest absolute Gasteiger partial charge is 0.454 e. The molecular weight excluding hydrogens is 399 g/mol. The molecule has 0 bridgehead atoms. The molecule has 0 aliphatic carbocycles. The molecule has 3 N–H and O–H groups in total. The van der Waals surface area contributed by atoms with Crippen LogP contribution in [-0.4, -0.2) is 19.4 Å². The molecule has 29 heavy (non-hydrogen) atoms. The lowest BCUT2D eigenvalue weighted by Gasteiger charge is -2.20. The van der Waals surface area contributed by atoms with Crippen molar-refractivity contribution < 1.29 is 22.3 Å². The van der Waals surface area contributed by atoms with Gasteiger partial charge >= 0.3 is 6.03 Å². The summed E-state index contributed by atoms with van der Waals surface area (Å²) in [7, 11) is -3.83. The van der Waals surface area contributed by atoms with Crippen molar-refractivity contribution in [3.05, 3.63) is 72.2 Å². The first kappa shape index (κ1) is 18.7. The van der Waals surface area contributed by atoms with Gasteiger partial charge in [0, 0.05) is 12.3 Å². The Bertz CT molecular complexity index is 1190. The Balaban J connectivity index is 1.56. The number of pyridine rings is 1. The van der Waals surface area contributed by atoms with Gasteiger partial charge in [-0.25, -0.2) is 22.6 Å². The van der Waals surface area contributed by atoms with E-state index in [4.69, 9.17) is 4.74 Å². The zero-order valence-electron chi connectivity index (χ0n) is 14.8. The summed E-state index contributed by atoms with van der Waals surface area (Å²) in [5.41, 5.74) is 0.629. The molecule has 0 atom stereocenters.